The molecule has 1 unspecified atom stereocenters. The number of alkyl carbamates (subject to hydrolysis) is 1. The van der Waals surface area contributed by atoms with E-state index in [1.165, 1.54) is 15.9 Å². The van der Waals surface area contributed by atoms with Crippen molar-refractivity contribution in [1.82, 2.24) is 30.7 Å². The number of rotatable bonds is 16. The number of nitrogens with one attached hydrogen (secondary N) is 4. The second-order valence-electron chi connectivity index (χ2n) is 14.0. The maximum Gasteiger partial charge on any atom is 0.410 e. The standard InChI is InChI=1S/C38H48ClN7O10/c1-6-15-55-36(52)41-21-31(47)42-23-46-32(48)12-11-30(34(46)50)45-22-26-18-24(7-10-28(26)33(45)49)20-40-35(51)43-27-9-8-25(29(39)19-27)13-16-54-17-14-44(5)37(53)56-38(2,3)4/h6-10,18-19,30H,1,11-17,20-23H2,2-5H3,(H,41,52)(H,42,47)(H2,40,43,51). The van der Waals surface area contributed by atoms with Crippen molar-refractivity contribution in [1.29, 1.82) is 0 Å². The first-order valence-electron chi connectivity index (χ1n) is 18.0. The van der Waals surface area contributed by atoms with Crippen LogP contribution in [0.2, 0.25) is 5.02 Å². The van der Waals surface area contributed by atoms with Crippen LogP contribution in [0.15, 0.2) is 49.1 Å². The summed E-state index contributed by atoms with van der Waals surface area (Å²) in [4.78, 5) is 91.6. The van der Waals surface area contributed by atoms with Gasteiger partial charge in [0.1, 0.15) is 31.5 Å². The molecule has 18 heteroatoms. The molecular formula is C38H48ClN7O10. The molecular weight excluding hydrogens is 750 g/mol. The number of benzene rings is 2. The molecule has 1 saturated heterocycles. The van der Waals surface area contributed by atoms with Crippen LogP contribution in [0.1, 0.15) is 60.7 Å². The van der Waals surface area contributed by atoms with Crippen LogP contribution in [-0.4, -0.2) is 115 Å². The first-order chi connectivity index (χ1) is 26.6. The Kier molecular flexibility index (Phi) is 15.2. The number of halogens is 1. The van der Waals surface area contributed by atoms with Gasteiger partial charge in [-0.3, -0.25) is 24.1 Å². The highest BCUT2D eigenvalue weighted by atomic mass is 35.5. The van der Waals surface area contributed by atoms with E-state index in [2.05, 4.69) is 27.8 Å². The van der Waals surface area contributed by atoms with E-state index in [1.54, 1.807) is 64.2 Å². The Balaban J connectivity index is 1.21. The number of piperidine rings is 1. The number of fused-ring (bicyclic) bond motifs is 1. The van der Waals surface area contributed by atoms with E-state index in [4.69, 9.17) is 25.8 Å². The molecule has 0 bridgehead atoms. The summed E-state index contributed by atoms with van der Waals surface area (Å²) >= 11 is 6.47. The Hall–Kier alpha value is -5.68. The van der Waals surface area contributed by atoms with Crippen molar-refractivity contribution in [3.05, 3.63) is 76.3 Å². The molecule has 0 radical (unpaired) electrons. The fraction of sp³-hybridized carbons (Fsp3) is 0.447. The monoisotopic (exact) mass is 797 g/mol. The molecule has 0 aromatic heterocycles. The van der Waals surface area contributed by atoms with Gasteiger partial charge in [-0.05, 0) is 68.5 Å². The molecule has 4 rings (SSSR count). The molecule has 2 aromatic rings. The zero-order chi connectivity index (χ0) is 41.0. The van der Waals surface area contributed by atoms with Gasteiger partial charge in [-0.25, -0.2) is 14.4 Å². The van der Waals surface area contributed by atoms with Gasteiger partial charge >= 0.3 is 18.2 Å². The first-order valence-corrected chi connectivity index (χ1v) is 18.3. The number of nitrogens with zero attached hydrogens (tertiary/aromatic N) is 3. The normalized spacial score (nSPS) is 15.2. The van der Waals surface area contributed by atoms with Crippen molar-refractivity contribution >= 4 is 59.1 Å². The summed E-state index contributed by atoms with van der Waals surface area (Å²) in [5.74, 6) is -2.14. The SMILES string of the molecule is C=CCOC(=O)NCC(=O)NCN1C(=O)CCC(N2Cc3cc(CNC(=O)Nc4ccc(CCOCCN(C)C(=O)OC(C)(C)C)c(Cl)c4)ccc3C2=O)C1=O. The number of ether oxygens (including phenoxy) is 3. The third-order valence-electron chi connectivity index (χ3n) is 8.58. The Bertz CT molecular complexity index is 1830. The largest absolute Gasteiger partial charge is 0.445 e. The molecule has 4 N–H and O–H groups in total. The van der Waals surface area contributed by atoms with Crippen molar-refractivity contribution in [2.45, 2.75) is 64.8 Å². The zero-order valence-electron chi connectivity index (χ0n) is 31.9. The molecule has 1 atom stereocenters. The number of likely N-dealkylation sites (N-methyl/N-ethyl adjacent to an activating group) is 1. The number of carbonyl (C=O) groups is 7. The first kappa shape index (κ1) is 43.1. The molecule has 8 amide bonds. The van der Waals surface area contributed by atoms with E-state index in [0.29, 0.717) is 48.0 Å². The average Bonchev–Trinajstić information content (AvgIpc) is 3.46. The Morgan fingerprint density at radius 1 is 1.04 bits per heavy atom. The predicted molar refractivity (Wildman–Crippen MR) is 204 cm³/mol. The van der Waals surface area contributed by atoms with Gasteiger partial charge in [0, 0.05) is 49.4 Å². The maximum atomic E-state index is 13.4. The van der Waals surface area contributed by atoms with Crippen molar-refractivity contribution in [3.8, 4) is 0 Å². The van der Waals surface area contributed by atoms with Gasteiger partial charge in [0.25, 0.3) is 11.8 Å². The molecule has 2 aromatic carbocycles. The number of likely N-dealkylation sites (tertiary alicyclic amines) is 1. The lowest BCUT2D eigenvalue weighted by molar-refractivity contribution is -0.152. The van der Waals surface area contributed by atoms with Crippen LogP contribution in [0.4, 0.5) is 20.1 Å². The van der Waals surface area contributed by atoms with E-state index in [9.17, 15) is 33.6 Å². The molecule has 2 aliphatic rings. The van der Waals surface area contributed by atoms with Crippen molar-refractivity contribution in [2.75, 3.05) is 51.9 Å². The summed E-state index contributed by atoms with van der Waals surface area (Å²) in [5.41, 5.74) is 2.52. The van der Waals surface area contributed by atoms with E-state index < -0.39 is 60.8 Å². The molecule has 2 aliphatic heterocycles. The summed E-state index contributed by atoms with van der Waals surface area (Å²) in [6.07, 6.45) is 0.757. The highest BCUT2D eigenvalue weighted by Crippen LogP contribution is 2.30. The van der Waals surface area contributed by atoms with Gasteiger partial charge in [-0.15, -0.1) is 0 Å². The predicted octanol–water partition coefficient (Wildman–Crippen LogP) is 3.55. The van der Waals surface area contributed by atoms with Gasteiger partial charge < -0.3 is 45.3 Å². The van der Waals surface area contributed by atoms with E-state index in [0.717, 1.165) is 16.0 Å². The van der Waals surface area contributed by atoms with Crippen LogP contribution >= 0.6 is 11.6 Å². The third kappa shape index (κ3) is 12.4. The lowest BCUT2D eigenvalue weighted by Gasteiger charge is -2.35. The third-order valence-corrected chi connectivity index (χ3v) is 8.93. The number of anilines is 1. The van der Waals surface area contributed by atoms with Crippen LogP contribution in [0.3, 0.4) is 0 Å². The molecule has 17 nitrogen and oxygen atoms in total. The minimum absolute atomic E-state index is 0.0120. The highest BCUT2D eigenvalue weighted by Gasteiger charge is 2.42. The Morgan fingerprint density at radius 3 is 2.52 bits per heavy atom. The summed E-state index contributed by atoms with van der Waals surface area (Å²) < 4.78 is 15.7. The molecule has 0 spiro atoms. The van der Waals surface area contributed by atoms with E-state index in [-0.39, 0.29) is 38.4 Å². The number of hydrogen-bond donors (Lipinski definition) is 4. The molecule has 56 heavy (non-hydrogen) atoms. The molecule has 1 fully saturated rings. The fourth-order valence-corrected chi connectivity index (χ4v) is 5.98. The van der Waals surface area contributed by atoms with Gasteiger partial charge in [0.2, 0.25) is 11.8 Å². The number of amides is 8. The van der Waals surface area contributed by atoms with Gasteiger partial charge in [0.15, 0.2) is 0 Å². The van der Waals surface area contributed by atoms with Crippen molar-refractivity contribution in [3.63, 3.8) is 0 Å². The lowest BCUT2D eigenvalue weighted by Crippen LogP contribution is -2.57. The molecule has 0 aliphatic carbocycles. The van der Waals surface area contributed by atoms with E-state index in [1.807, 2.05) is 0 Å². The van der Waals surface area contributed by atoms with Crippen LogP contribution in [-0.2, 0) is 48.1 Å². The van der Waals surface area contributed by atoms with Crippen LogP contribution in [0, 0.1) is 0 Å². The molecule has 0 saturated carbocycles. The Morgan fingerprint density at radius 2 is 1.80 bits per heavy atom. The van der Waals surface area contributed by atoms with Gasteiger partial charge in [0.05, 0.1) is 13.2 Å². The van der Waals surface area contributed by atoms with Crippen LogP contribution in [0.25, 0.3) is 0 Å². The Labute approximate surface area is 330 Å². The van der Waals surface area contributed by atoms with Gasteiger partial charge in [-0.1, -0.05) is 42.5 Å². The minimum Gasteiger partial charge on any atom is -0.445 e. The highest BCUT2D eigenvalue weighted by molar-refractivity contribution is 6.31. The topological polar surface area (TPSA) is 205 Å². The zero-order valence-corrected chi connectivity index (χ0v) is 32.7. The summed E-state index contributed by atoms with van der Waals surface area (Å²) in [5, 5.41) is 10.7. The summed E-state index contributed by atoms with van der Waals surface area (Å²) in [6.45, 7) is 9.27. The molecule has 302 valence electrons. The van der Waals surface area contributed by atoms with Gasteiger partial charge in [-0.2, -0.15) is 0 Å². The van der Waals surface area contributed by atoms with Crippen molar-refractivity contribution in [2.24, 2.45) is 0 Å². The average molecular weight is 798 g/mol. The minimum atomic E-state index is -0.924. The second-order valence-corrected chi connectivity index (χ2v) is 14.4. The maximum absolute atomic E-state index is 13.4. The van der Waals surface area contributed by atoms with Crippen molar-refractivity contribution < 1.29 is 47.8 Å². The van der Waals surface area contributed by atoms with E-state index >= 15 is 0 Å². The summed E-state index contributed by atoms with van der Waals surface area (Å²) in [6, 6.07) is 8.88. The number of hydrogen-bond acceptors (Lipinski definition) is 10. The molecule has 2 heterocycles. The number of carbonyl (C=O) groups excluding carboxylic acids is 7. The smallest absolute Gasteiger partial charge is 0.410 e. The lowest BCUT2D eigenvalue weighted by atomic mass is 10.0. The van der Waals surface area contributed by atoms with Crippen LogP contribution < -0.4 is 21.3 Å². The summed E-state index contributed by atoms with van der Waals surface area (Å²) in [7, 11) is 1.64. The number of urea groups is 1. The quantitative estimate of drug-likeness (QED) is 0.110. The second kappa shape index (κ2) is 19.8. The number of imide groups is 1. The van der Waals surface area contributed by atoms with Crippen LogP contribution in [0.5, 0.6) is 0 Å². The fourth-order valence-electron chi connectivity index (χ4n) is 5.70.